The van der Waals surface area contributed by atoms with Crippen LogP contribution in [-0.4, -0.2) is 5.11 Å². The van der Waals surface area contributed by atoms with E-state index in [2.05, 4.69) is 17.4 Å². The van der Waals surface area contributed by atoms with Crippen LogP contribution in [0.1, 0.15) is 43.6 Å². The molecule has 3 rings (SSSR count). The van der Waals surface area contributed by atoms with Crippen molar-refractivity contribution in [2.24, 2.45) is 0 Å². The van der Waals surface area contributed by atoms with Crippen molar-refractivity contribution in [3.8, 4) is 5.75 Å². The molecular weight excluding hydrogens is 246 g/mol. The van der Waals surface area contributed by atoms with Gasteiger partial charge in [0, 0.05) is 11.4 Å². The van der Waals surface area contributed by atoms with E-state index in [-0.39, 0.29) is 0 Å². The van der Waals surface area contributed by atoms with Crippen LogP contribution in [0.5, 0.6) is 5.75 Å². The minimum atomic E-state index is 0.365. The molecule has 0 heterocycles. The Bertz CT molecular complexity index is 559. The molecule has 0 bridgehead atoms. The number of benzene rings is 2. The molecule has 0 spiro atoms. The topological polar surface area (TPSA) is 32.3 Å². The molecule has 2 aromatic rings. The van der Waals surface area contributed by atoms with E-state index in [0.717, 1.165) is 11.4 Å². The standard InChI is InChI=1S/C18H21NO/c20-16-11-12-18(19-15-9-5-2-6-10-15)17(13-16)14-7-3-1-4-8-14/h2,5-6,9-14,19-20H,1,3-4,7-8H2. The van der Waals surface area contributed by atoms with Crippen LogP contribution in [0.25, 0.3) is 0 Å². The monoisotopic (exact) mass is 267 g/mol. The number of phenolic OH excluding ortho intramolecular Hbond substituents is 1. The molecular formula is C18H21NO. The maximum absolute atomic E-state index is 9.81. The Morgan fingerprint density at radius 2 is 1.65 bits per heavy atom. The van der Waals surface area contributed by atoms with Crippen LogP contribution in [0.3, 0.4) is 0 Å². The fourth-order valence-corrected chi connectivity index (χ4v) is 3.09. The summed E-state index contributed by atoms with van der Waals surface area (Å²) in [6.45, 7) is 0. The smallest absolute Gasteiger partial charge is 0.116 e. The molecule has 0 unspecified atom stereocenters. The van der Waals surface area contributed by atoms with Crippen molar-refractivity contribution in [3.63, 3.8) is 0 Å². The average Bonchev–Trinajstić information content (AvgIpc) is 2.51. The number of anilines is 2. The fourth-order valence-electron chi connectivity index (χ4n) is 3.09. The van der Waals surface area contributed by atoms with Crippen molar-refractivity contribution >= 4 is 11.4 Å². The van der Waals surface area contributed by atoms with Crippen LogP contribution in [0.2, 0.25) is 0 Å². The van der Waals surface area contributed by atoms with E-state index < -0.39 is 0 Å². The Morgan fingerprint density at radius 1 is 0.900 bits per heavy atom. The third-order valence-corrected chi connectivity index (χ3v) is 4.13. The lowest BCUT2D eigenvalue weighted by Crippen LogP contribution is -2.07. The van der Waals surface area contributed by atoms with Gasteiger partial charge < -0.3 is 10.4 Å². The molecule has 2 nitrogen and oxygen atoms in total. The number of hydrogen-bond acceptors (Lipinski definition) is 2. The van der Waals surface area contributed by atoms with Gasteiger partial charge in [0.05, 0.1) is 0 Å². The zero-order chi connectivity index (χ0) is 13.8. The van der Waals surface area contributed by atoms with E-state index in [1.54, 1.807) is 6.07 Å². The zero-order valence-electron chi connectivity index (χ0n) is 11.7. The molecule has 1 saturated carbocycles. The van der Waals surface area contributed by atoms with Gasteiger partial charge in [-0.25, -0.2) is 0 Å². The Kier molecular flexibility index (Phi) is 3.91. The fraction of sp³-hybridized carbons (Fsp3) is 0.333. The summed E-state index contributed by atoms with van der Waals surface area (Å²) in [5, 5.41) is 13.3. The second-order valence-corrected chi connectivity index (χ2v) is 5.60. The number of para-hydroxylation sites is 1. The summed E-state index contributed by atoms with van der Waals surface area (Å²) in [7, 11) is 0. The van der Waals surface area contributed by atoms with Crippen LogP contribution < -0.4 is 5.32 Å². The lowest BCUT2D eigenvalue weighted by Gasteiger charge is -2.25. The Balaban J connectivity index is 1.89. The van der Waals surface area contributed by atoms with Crippen LogP contribution in [0.15, 0.2) is 48.5 Å². The number of nitrogens with one attached hydrogen (secondary N) is 1. The van der Waals surface area contributed by atoms with Gasteiger partial charge in [-0.2, -0.15) is 0 Å². The first kappa shape index (κ1) is 13.0. The number of aromatic hydroxyl groups is 1. The van der Waals surface area contributed by atoms with Crippen LogP contribution in [0, 0.1) is 0 Å². The summed E-state index contributed by atoms with van der Waals surface area (Å²) in [6.07, 6.45) is 6.40. The highest BCUT2D eigenvalue weighted by atomic mass is 16.3. The second kappa shape index (κ2) is 6.00. The van der Waals surface area contributed by atoms with E-state index >= 15 is 0 Å². The van der Waals surface area contributed by atoms with Crippen molar-refractivity contribution in [1.82, 2.24) is 0 Å². The summed E-state index contributed by atoms with van der Waals surface area (Å²) in [5.41, 5.74) is 3.48. The van der Waals surface area contributed by atoms with Crippen molar-refractivity contribution in [2.75, 3.05) is 5.32 Å². The summed E-state index contributed by atoms with van der Waals surface area (Å²) in [6, 6.07) is 15.9. The highest BCUT2D eigenvalue weighted by Gasteiger charge is 2.19. The van der Waals surface area contributed by atoms with E-state index in [4.69, 9.17) is 0 Å². The molecule has 104 valence electrons. The molecule has 0 aliphatic heterocycles. The predicted molar refractivity (Wildman–Crippen MR) is 83.7 cm³/mol. The lowest BCUT2D eigenvalue weighted by molar-refractivity contribution is 0.439. The van der Waals surface area contributed by atoms with Crippen LogP contribution in [0.4, 0.5) is 11.4 Å². The normalized spacial score (nSPS) is 16.0. The highest BCUT2D eigenvalue weighted by Crippen LogP contribution is 2.38. The lowest BCUT2D eigenvalue weighted by atomic mass is 9.83. The first-order chi connectivity index (χ1) is 9.83. The van der Waals surface area contributed by atoms with E-state index in [9.17, 15) is 5.11 Å². The van der Waals surface area contributed by atoms with Gasteiger partial charge in [0.15, 0.2) is 0 Å². The van der Waals surface area contributed by atoms with Gasteiger partial charge in [-0.1, -0.05) is 37.5 Å². The summed E-state index contributed by atoms with van der Waals surface area (Å²) in [4.78, 5) is 0. The van der Waals surface area contributed by atoms with Crippen LogP contribution >= 0.6 is 0 Å². The van der Waals surface area contributed by atoms with Gasteiger partial charge >= 0.3 is 0 Å². The molecule has 0 saturated heterocycles. The molecule has 0 atom stereocenters. The van der Waals surface area contributed by atoms with Crippen molar-refractivity contribution in [2.45, 2.75) is 38.0 Å². The summed E-state index contributed by atoms with van der Waals surface area (Å²) in [5.74, 6) is 0.936. The van der Waals surface area contributed by atoms with Gasteiger partial charge in [-0.3, -0.25) is 0 Å². The molecule has 1 aliphatic carbocycles. The average molecular weight is 267 g/mol. The summed E-state index contributed by atoms with van der Waals surface area (Å²) < 4.78 is 0. The third-order valence-electron chi connectivity index (χ3n) is 4.13. The highest BCUT2D eigenvalue weighted by molar-refractivity contribution is 5.65. The van der Waals surface area contributed by atoms with Gasteiger partial charge in [0.1, 0.15) is 5.75 Å². The van der Waals surface area contributed by atoms with E-state index in [1.807, 2.05) is 30.3 Å². The molecule has 0 radical (unpaired) electrons. The van der Waals surface area contributed by atoms with Crippen molar-refractivity contribution in [3.05, 3.63) is 54.1 Å². The Labute approximate surface area is 120 Å². The third kappa shape index (κ3) is 2.96. The SMILES string of the molecule is Oc1ccc(Nc2ccccc2)c(C2CCCCC2)c1. The van der Waals surface area contributed by atoms with Gasteiger partial charge in [-0.05, 0) is 54.7 Å². The quantitative estimate of drug-likeness (QED) is 0.751. The largest absolute Gasteiger partial charge is 0.508 e. The first-order valence-electron chi connectivity index (χ1n) is 7.48. The zero-order valence-corrected chi connectivity index (χ0v) is 11.7. The van der Waals surface area contributed by atoms with Gasteiger partial charge in [-0.15, -0.1) is 0 Å². The number of rotatable bonds is 3. The minimum Gasteiger partial charge on any atom is -0.508 e. The number of hydrogen-bond donors (Lipinski definition) is 2. The predicted octanol–water partition coefficient (Wildman–Crippen LogP) is 5.18. The van der Waals surface area contributed by atoms with Gasteiger partial charge in [0.2, 0.25) is 0 Å². The van der Waals surface area contributed by atoms with Crippen molar-refractivity contribution in [1.29, 1.82) is 0 Å². The van der Waals surface area contributed by atoms with Gasteiger partial charge in [0.25, 0.3) is 0 Å². The molecule has 0 aromatic heterocycles. The maximum atomic E-state index is 9.81. The molecule has 1 aliphatic rings. The summed E-state index contributed by atoms with van der Waals surface area (Å²) >= 11 is 0. The van der Waals surface area contributed by atoms with Crippen LogP contribution in [-0.2, 0) is 0 Å². The number of phenols is 1. The minimum absolute atomic E-state index is 0.365. The van der Waals surface area contributed by atoms with Crippen molar-refractivity contribution < 1.29 is 5.11 Å². The Morgan fingerprint density at radius 3 is 2.40 bits per heavy atom. The second-order valence-electron chi connectivity index (χ2n) is 5.60. The molecule has 0 amide bonds. The van der Waals surface area contributed by atoms with E-state index in [0.29, 0.717) is 11.7 Å². The molecule has 2 aromatic carbocycles. The maximum Gasteiger partial charge on any atom is 0.116 e. The first-order valence-corrected chi connectivity index (χ1v) is 7.48. The molecule has 2 heteroatoms. The molecule has 20 heavy (non-hydrogen) atoms. The molecule has 2 N–H and O–H groups in total. The molecule has 1 fully saturated rings. The van der Waals surface area contributed by atoms with E-state index in [1.165, 1.54) is 37.7 Å². The Hall–Kier alpha value is -1.96.